The Balaban J connectivity index is 4.60. The highest BCUT2D eigenvalue weighted by molar-refractivity contribution is 5.03. The molecule has 0 aliphatic heterocycles. The fourth-order valence-electron chi connectivity index (χ4n) is 6.13. The summed E-state index contributed by atoms with van der Waals surface area (Å²) < 4.78 is 0. The van der Waals surface area contributed by atoms with Gasteiger partial charge in [-0.1, -0.05) is 87.3 Å². The molecular formula is C32H65N3. The summed E-state index contributed by atoms with van der Waals surface area (Å²) in [5.41, 5.74) is 2.50. The molecule has 0 saturated heterocycles. The van der Waals surface area contributed by atoms with E-state index < -0.39 is 0 Å². The van der Waals surface area contributed by atoms with E-state index in [1.54, 1.807) is 0 Å². The van der Waals surface area contributed by atoms with E-state index in [0.717, 1.165) is 24.9 Å². The zero-order chi connectivity index (χ0) is 26.8. The van der Waals surface area contributed by atoms with E-state index >= 15 is 0 Å². The van der Waals surface area contributed by atoms with Crippen LogP contribution in [-0.4, -0.2) is 26.2 Å². The highest BCUT2D eigenvalue weighted by Gasteiger charge is 2.25. The van der Waals surface area contributed by atoms with Crippen LogP contribution in [0.25, 0.3) is 0 Å². The second-order valence-corrected chi connectivity index (χ2v) is 11.9. The summed E-state index contributed by atoms with van der Waals surface area (Å²) in [7, 11) is 2.04. The predicted molar refractivity (Wildman–Crippen MR) is 160 cm³/mol. The lowest BCUT2D eigenvalue weighted by Gasteiger charge is -2.33. The van der Waals surface area contributed by atoms with Crippen LogP contribution in [-0.2, 0) is 0 Å². The van der Waals surface area contributed by atoms with Crippen molar-refractivity contribution in [1.29, 1.82) is 0 Å². The molecular weight excluding hydrogens is 426 g/mol. The van der Waals surface area contributed by atoms with Gasteiger partial charge in [0.1, 0.15) is 0 Å². The monoisotopic (exact) mass is 492 g/mol. The van der Waals surface area contributed by atoms with E-state index in [0.29, 0.717) is 29.7 Å². The molecule has 0 aromatic rings. The van der Waals surface area contributed by atoms with Crippen LogP contribution >= 0.6 is 0 Å². The molecule has 0 spiro atoms. The van der Waals surface area contributed by atoms with Crippen LogP contribution in [0.1, 0.15) is 120 Å². The topological polar surface area (TPSA) is 36.1 Å². The lowest BCUT2D eigenvalue weighted by Crippen LogP contribution is -2.34. The largest absolute Gasteiger partial charge is 0.389 e. The van der Waals surface area contributed by atoms with Gasteiger partial charge in [0.05, 0.1) is 0 Å². The molecule has 0 radical (unpaired) electrons. The summed E-state index contributed by atoms with van der Waals surface area (Å²) in [6, 6.07) is 0.505. The molecule has 3 heteroatoms. The van der Waals surface area contributed by atoms with Crippen molar-refractivity contribution in [3.8, 4) is 0 Å². The van der Waals surface area contributed by atoms with Gasteiger partial charge in [-0.05, 0) is 88.6 Å². The first-order chi connectivity index (χ1) is 16.6. The van der Waals surface area contributed by atoms with Crippen molar-refractivity contribution >= 4 is 0 Å². The molecule has 0 aliphatic rings. The van der Waals surface area contributed by atoms with Crippen LogP contribution in [0.4, 0.5) is 0 Å². The third kappa shape index (κ3) is 15.0. The Hall–Kier alpha value is -0.960. The average molecular weight is 492 g/mol. The minimum atomic E-state index is 0.505. The summed E-state index contributed by atoms with van der Waals surface area (Å²) in [4.78, 5) is 0. The smallest absolute Gasteiger partial charge is 0.0232 e. The Morgan fingerprint density at radius 2 is 1.43 bits per heavy atom. The van der Waals surface area contributed by atoms with E-state index in [-0.39, 0.29) is 0 Å². The number of hydrogen-bond donors (Lipinski definition) is 3. The Morgan fingerprint density at radius 1 is 0.800 bits per heavy atom. The molecule has 0 fully saturated rings. The van der Waals surface area contributed by atoms with Crippen LogP contribution in [0.2, 0.25) is 0 Å². The van der Waals surface area contributed by atoms with Gasteiger partial charge < -0.3 is 16.0 Å². The van der Waals surface area contributed by atoms with Crippen LogP contribution in [0, 0.1) is 35.5 Å². The Kier molecular flexibility index (Phi) is 19.6. The lowest BCUT2D eigenvalue weighted by atomic mass is 9.79. The van der Waals surface area contributed by atoms with Gasteiger partial charge in [0.25, 0.3) is 0 Å². The molecule has 3 nitrogen and oxygen atoms in total. The zero-order valence-corrected chi connectivity index (χ0v) is 25.4. The normalized spacial score (nSPS) is 16.1. The molecule has 0 aromatic carbocycles. The van der Waals surface area contributed by atoms with Crippen LogP contribution < -0.4 is 16.0 Å². The van der Waals surface area contributed by atoms with Crippen molar-refractivity contribution < 1.29 is 0 Å². The van der Waals surface area contributed by atoms with Gasteiger partial charge in [-0.3, -0.25) is 0 Å². The summed E-state index contributed by atoms with van der Waals surface area (Å²) >= 11 is 0. The van der Waals surface area contributed by atoms with Gasteiger partial charge in [0.2, 0.25) is 0 Å². The van der Waals surface area contributed by atoms with Gasteiger partial charge in [-0.15, -0.1) is 0 Å². The molecule has 0 heterocycles. The van der Waals surface area contributed by atoms with Gasteiger partial charge in [0.15, 0.2) is 0 Å². The fraction of sp³-hybridized carbons (Fsp3) is 0.875. The average Bonchev–Trinajstić information content (AvgIpc) is 2.77. The molecule has 3 N–H and O–H groups in total. The Bertz CT molecular complexity index is 535. The number of hydrogen-bond acceptors (Lipinski definition) is 3. The molecule has 0 aliphatic carbocycles. The molecule has 0 aromatic heterocycles. The maximum atomic E-state index is 4.53. The van der Waals surface area contributed by atoms with Crippen molar-refractivity contribution in [3.63, 3.8) is 0 Å². The first-order valence-electron chi connectivity index (χ1n) is 15.1. The molecule has 208 valence electrons. The molecule has 0 amide bonds. The van der Waals surface area contributed by atoms with E-state index in [1.807, 2.05) is 7.05 Å². The second kappa shape index (κ2) is 20.1. The summed E-state index contributed by atoms with van der Waals surface area (Å²) in [6.45, 7) is 29.8. The number of rotatable bonds is 23. The van der Waals surface area contributed by atoms with Crippen molar-refractivity contribution in [3.05, 3.63) is 24.6 Å². The third-order valence-electron chi connectivity index (χ3n) is 7.98. The molecule has 35 heavy (non-hydrogen) atoms. The Labute approximate surface area is 221 Å². The highest BCUT2D eigenvalue weighted by atomic mass is 14.9. The number of allylic oxidation sites excluding steroid dienone is 2. The van der Waals surface area contributed by atoms with Crippen molar-refractivity contribution in [2.24, 2.45) is 35.5 Å². The van der Waals surface area contributed by atoms with Gasteiger partial charge in [-0.2, -0.15) is 0 Å². The van der Waals surface area contributed by atoms with E-state index in [2.05, 4.69) is 84.5 Å². The first kappa shape index (κ1) is 34.0. The van der Waals surface area contributed by atoms with Crippen LogP contribution in [0.3, 0.4) is 0 Å². The minimum absolute atomic E-state index is 0.505. The van der Waals surface area contributed by atoms with Gasteiger partial charge in [-0.25, -0.2) is 0 Å². The van der Waals surface area contributed by atoms with Crippen molar-refractivity contribution in [2.75, 3.05) is 20.1 Å². The van der Waals surface area contributed by atoms with Crippen molar-refractivity contribution in [2.45, 2.75) is 126 Å². The summed E-state index contributed by atoms with van der Waals surface area (Å²) in [5.74, 6) is 3.91. The Morgan fingerprint density at radius 3 is 1.94 bits per heavy atom. The molecule has 0 saturated carbocycles. The van der Waals surface area contributed by atoms with E-state index in [4.69, 9.17) is 0 Å². The SMILES string of the molecule is C=C(NCCCC(C)C(C(=C)NC(C)CC(CCC)CCC)C(C)C)C(CC)CCC(C)CNC. The quantitative estimate of drug-likeness (QED) is 0.125. The standard InChI is InChI=1S/C32H65N3/c1-12-16-30(17-13-2)22-27(8)35-29(10)32(24(4)5)26(7)18-15-21-34-28(9)31(14-3)20-19-25(6)23-33-11/h24-27,30-35H,9-10,12-23H2,1-8,11H3. The molecule has 5 atom stereocenters. The predicted octanol–water partition coefficient (Wildman–Crippen LogP) is 8.54. The summed E-state index contributed by atoms with van der Waals surface area (Å²) in [6.07, 6.45) is 12.6. The zero-order valence-electron chi connectivity index (χ0n) is 25.4. The van der Waals surface area contributed by atoms with E-state index in [9.17, 15) is 0 Å². The van der Waals surface area contributed by atoms with Gasteiger partial charge >= 0.3 is 0 Å². The van der Waals surface area contributed by atoms with Crippen LogP contribution in [0.15, 0.2) is 24.6 Å². The third-order valence-corrected chi connectivity index (χ3v) is 7.98. The van der Waals surface area contributed by atoms with Crippen molar-refractivity contribution in [1.82, 2.24) is 16.0 Å². The number of nitrogens with one attached hydrogen (secondary N) is 3. The maximum Gasteiger partial charge on any atom is 0.0232 e. The molecule has 5 unspecified atom stereocenters. The molecule has 0 bridgehead atoms. The van der Waals surface area contributed by atoms with Crippen LogP contribution in [0.5, 0.6) is 0 Å². The molecule has 0 rings (SSSR count). The van der Waals surface area contributed by atoms with E-state index in [1.165, 1.54) is 75.6 Å². The highest BCUT2D eigenvalue weighted by Crippen LogP contribution is 2.30. The fourth-order valence-corrected chi connectivity index (χ4v) is 6.13. The summed E-state index contributed by atoms with van der Waals surface area (Å²) in [5, 5.41) is 10.8. The second-order valence-electron chi connectivity index (χ2n) is 11.9. The van der Waals surface area contributed by atoms with Gasteiger partial charge in [0, 0.05) is 29.9 Å². The first-order valence-corrected chi connectivity index (χ1v) is 15.1. The maximum absolute atomic E-state index is 4.53. The lowest BCUT2D eigenvalue weighted by molar-refractivity contribution is 0.271. The minimum Gasteiger partial charge on any atom is -0.389 e.